The third-order valence-corrected chi connectivity index (χ3v) is 4.21. The molecule has 0 saturated heterocycles. The Hall–Kier alpha value is -1.60. The molecule has 0 radical (unpaired) electrons. The Balaban J connectivity index is 2.35. The summed E-state index contributed by atoms with van der Waals surface area (Å²) in [5.41, 5.74) is 0.236. The summed E-state index contributed by atoms with van der Waals surface area (Å²) in [7, 11) is -4.00. The molecule has 0 aliphatic rings. The summed E-state index contributed by atoms with van der Waals surface area (Å²) in [5.74, 6) is -0.835. The van der Waals surface area contributed by atoms with Crippen molar-refractivity contribution in [1.82, 2.24) is 0 Å². The van der Waals surface area contributed by atoms with Crippen molar-refractivity contribution in [2.24, 2.45) is 0 Å². The first kappa shape index (κ1) is 13.8. The number of sulfonamides is 1. The van der Waals surface area contributed by atoms with Crippen LogP contribution in [0.25, 0.3) is 0 Å². The fraction of sp³-hybridized carbons (Fsp3) is 0. The summed E-state index contributed by atoms with van der Waals surface area (Å²) in [6.07, 6.45) is 0. The molecular weight excluding hydrogens is 337 g/mol. The summed E-state index contributed by atoms with van der Waals surface area (Å²) >= 11 is 3.05. The Morgan fingerprint density at radius 3 is 2.32 bits per heavy atom. The third kappa shape index (κ3) is 3.24. The molecule has 0 fully saturated rings. The van der Waals surface area contributed by atoms with Crippen molar-refractivity contribution in [2.45, 2.75) is 4.90 Å². The minimum Gasteiger partial charge on any atom is -0.508 e. The second-order valence-electron chi connectivity index (χ2n) is 3.73. The number of hydrogen-bond acceptors (Lipinski definition) is 3. The van der Waals surface area contributed by atoms with Gasteiger partial charge in [0.1, 0.15) is 16.5 Å². The number of aromatic hydroxyl groups is 1. The summed E-state index contributed by atoms with van der Waals surface area (Å²) in [6, 6.07) is 9.10. The first-order valence-electron chi connectivity index (χ1n) is 5.15. The molecule has 2 aromatic carbocycles. The van der Waals surface area contributed by atoms with Crippen molar-refractivity contribution >= 4 is 31.6 Å². The molecule has 0 unspecified atom stereocenters. The monoisotopic (exact) mass is 345 g/mol. The Kier molecular flexibility index (Phi) is 3.77. The van der Waals surface area contributed by atoms with Gasteiger partial charge in [0.2, 0.25) is 0 Å². The fourth-order valence-corrected chi connectivity index (χ4v) is 2.89. The molecular formula is C12H9BrFNO3S. The molecule has 2 rings (SSSR count). The smallest absolute Gasteiger partial charge is 0.264 e. The highest BCUT2D eigenvalue weighted by Crippen LogP contribution is 2.22. The lowest BCUT2D eigenvalue weighted by molar-refractivity contribution is 0.475. The highest BCUT2D eigenvalue weighted by atomic mass is 79.9. The summed E-state index contributed by atoms with van der Waals surface area (Å²) < 4.78 is 40.3. The maximum Gasteiger partial charge on any atom is 0.264 e. The first-order valence-corrected chi connectivity index (χ1v) is 7.43. The molecule has 2 N–H and O–H groups in total. The average Bonchev–Trinajstić information content (AvgIpc) is 2.31. The van der Waals surface area contributed by atoms with Crippen LogP contribution in [0.1, 0.15) is 0 Å². The molecule has 0 bridgehead atoms. The lowest BCUT2D eigenvalue weighted by Crippen LogP contribution is -2.14. The fourth-order valence-electron chi connectivity index (χ4n) is 1.43. The van der Waals surface area contributed by atoms with Gasteiger partial charge in [0.05, 0.1) is 0 Å². The standard InChI is InChI=1S/C12H9BrFNO3S/c13-8-1-6-12(11(14)7-8)19(17,18)15-9-2-4-10(16)5-3-9/h1-7,15-16H. The van der Waals surface area contributed by atoms with Gasteiger partial charge in [-0.15, -0.1) is 0 Å². The number of hydrogen-bond donors (Lipinski definition) is 2. The van der Waals surface area contributed by atoms with Crippen LogP contribution >= 0.6 is 15.9 Å². The van der Waals surface area contributed by atoms with Gasteiger partial charge in [0.25, 0.3) is 10.0 Å². The van der Waals surface area contributed by atoms with E-state index in [1.165, 1.54) is 36.4 Å². The molecule has 0 saturated carbocycles. The lowest BCUT2D eigenvalue weighted by atomic mass is 10.3. The minimum absolute atomic E-state index is 0.0118. The topological polar surface area (TPSA) is 66.4 Å². The van der Waals surface area contributed by atoms with Crippen molar-refractivity contribution in [2.75, 3.05) is 4.72 Å². The molecule has 7 heteroatoms. The largest absolute Gasteiger partial charge is 0.508 e. The molecule has 0 aliphatic heterocycles. The molecule has 0 spiro atoms. The van der Waals surface area contributed by atoms with Crippen molar-refractivity contribution in [3.63, 3.8) is 0 Å². The van der Waals surface area contributed by atoms with Crippen LogP contribution in [0.5, 0.6) is 5.75 Å². The Morgan fingerprint density at radius 1 is 1.11 bits per heavy atom. The van der Waals surface area contributed by atoms with Gasteiger partial charge in [-0.25, -0.2) is 12.8 Å². The molecule has 0 aliphatic carbocycles. The second-order valence-corrected chi connectivity index (χ2v) is 6.29. The molecule has 0 atom stereocenters. The highest BCUT2D eigenvalue weighted by molar-refractivity contribution is 9.10. The number of phenolic OH excluding ortho intramolecular Hbond substituents is 1. The molecule has 19 heavy (non-hydrogen) atoms. The lowest BCUT2D eigenvalue weighted by Gasteiger charge is -2.09. The van der Waals surface area contributed by atoms with Crippen LogP contribution in [0.3, 0.4) is 0 Å². The quantitative estimate of drug-likeness (QED) is 0.840. The SMILES string of the molecule is O=S(=O)(Nc1ccc(O)cc1)c1ccc(Br)cc1F. The zero-order valence-corrected chi connectivity index (χ0v) is 11.9. The van der Waals surface area contributed by atoms with Crippen LogP contribution in [0.2, 0.25) is 0 Å². The number of anilines is 1. The Morgan fingerprint density at radius 2 is 1.74 bits per heavy atom. The van der Waals surface area contributed by atoms with Crippen LogP contribution < -0.4 is 4.72 Å². The minimum atomic E-state index is -4.00. The van der Waals surface area contributed by atoms with Crippen molar-refractivity contribution in [3.05, 3.63) is 52.8 Å². The van der Waals surface area contributed by atoms with Crippen LogP contribution in [0.15, 0.2) is 51.8 Å². The van der Waals surface area contributed by atoms with Crippen LogP contribution in [-0.2, 0) is 10.0 Å². The number of benzene rings is 2. The molecule has 2 aromatic rings. The van der Waals surface area contributed by atoms with Crippen molar-refractivity contribution in [3.8, 4) is 5.75 Å². The van der Waals surface area contributed by atoms with E-state index in [0.717, 1.165) is 6.07 Å². The maximum atomic E-state index is 13.6. The van der Waals surface area contributed by atoms with Gasteiger partial charge in [0.15, 0.2) is 0 Å². The van der Waals surface area contributed by atoms with Gasteiger partial charge in [-0.2, -0.15) is 0 Å². The van der Waals surface area contributed by atoms with Crippen LogP contribution in [0, 0.1) is 5.82 Å². The van der Waals surface area contributed by atoms with E-state index in [9.17, 15) is 12.8 Å². The van der Waals surface area contributed by atoms with Gasteiger partial charge in [-0.1, -0.05) is 15.9 Å². The van der Waals surface area contributed by atoms with Crippen LogP contribution in [-0.4, -0.2) is 13.5 Å². The van der Waals surface area contributed by atoms with Gasteiger partial charge in [0, 0.05) is 10.2 Å². The Labute approximate surface area is 118 Å². The zero-order chi connectivity index (χ0) is 14.0. The molecule has 0 heterocycles. The first-order chi connectivity index (χ1) is 8.88. The number of halogens is 2. The second kappa shape index (κ2) is 5.18. The maximum absolute atomic E-state index is 13.6. The van der Waals surface area contributed by atoms with E-state index < -0.39 is 20.7 Å². The number of rotatable bonds is 3. The summed E-state index contributed by atoms with van der Waals surface area (Å²) in [6.45, 7) is 0. The molecule has 4 nitrogen and oxygen atoms in total. The van der Waals surface area contributed by atoms with Gasteiger partial charge in [-0.3, -0.25) is 4.72 Å². The van der Waals surface area contributed by atoms with E-state index >= 15 is 0 Å². The van der Waals surface area contributed by atoms with Gasteiger partial charge in [-0.05, 0) is 42.5 Å². The van der Waals surface area contributed by atoms with E-state index in [4.69, 9.17) is 5.11 Å². The van der Waals surface area contributed by atoms with Gasteiger partial charge < -0.3 is 5.11 Å². The molecule has 0 aromatic heterocycles. The average molecular weight is 346 g/mol. The molecule has 100 valence electrons. The van der Waals surface area contributed by atoms with Crippen molar-refractivity contribution < 1.29 is 17.9 Å². The predicted molar refractivity (Wildman–Crippen MR) is 73.0 cm³/mol. The van der Waals surface area contributed by atoms with E-state index in [-0.39, 0.29) is 11.4 Å². The summed E-state index contributed by atoms with van der Waals surface area (Å²) in [4.78, 5) is -0.441. The third-order valence-electron chi connectivity index (χ3n) is 2.30. The summed E-state index contributed by atoms with van der Waals surface area (Å²) in [5, 5.41) is 9.10. The van der Waals surface area contributed by atoms with E-state index in [2.05, 4.69) is 20.7 Å². The number of nitrogens with one attached hydrogen (secondary N) is 1. The van der Waals surface area contributed by atoms with Crippen molar-refractivity contribution in [1.29, 1.82) is 0 Å². The highest BCUT2D eigenvalue weighted by Gasteiger charge is 2.19. The molecule has 0 amide bonds. The van der Waals surface area contributed by atoms with E-state index in [1.54, 1.807) is 0 Å². The Bertz CT molecular complexity index is 701. The normalized spacial score (nSPS) is 11.3. The van der Waals surface area contributed by atoms with Gasteiger partial charge >= 0.3 is 0 Å². The van der Waals surface area contributed by atoms with E-state index in [1.807, 2.05) is 0 Å². The van der Waals surface area contributed by atoms with Crippen LogP contribution in [0.4, 0.5) is 10.1 Å². The van der Waals surface area contributed by atoms with E-state index in [0.29, 0.717) is 4.47 Å². The number of phenols is 1. The zero-order valence-electron chi connectivity index (χ0n) is 9.47. The predicted octanol–water partition coefficient (Wildman–Crippen LogP) is 3.09.